The van der Waals surface area contributed by atoms with Gasteiger partial charge in [-0.15, -0.1) is 0 Å². The van der Waals surface area contributed by atoms with E-state index in [1.54, 1.807) is 6.66 Å². The molecule has 0 saturated heterocycles. The number of para-hydroxylation sites is 1. The summed E-state index contributed by atoms with van der Waals surface area (Å²) in [5.74, 6) is 1.21. The van der Waals surface area contributed by atoms with E-state index in [9.17, 15) is 9.13 Å². The fraction of sp³-hybridized carbons (Fsp3) is 0.0625. The lowest BCUT2D eigenvalue weighted by molar-refractivity contribution is 0.497. The molecule has 0 radical (unpaired) electrons. The van der Waals surface area contributed by atoms with Crippen molar-refractivity contribution in [2.75, 3.05) is 6.66 Å². The van der Waals surface area contributed by atoms with Gasteiger partial charge in [0.1, 0.15) is 11.5 Å². The van der Waals surface area contributed by atoms with E-state index >= 15 is 0 Å². The highest BCUT2D eigenvalue weighted by molar-refractivity contribution is 7.75. The Morgan fingerprint density at radius 2 is 1.16 bits per heavy atom. The van der Waals surface area contributed by atoms with Gasteiger partial charge in [-0.1, -0.05) is 72.3 Å². The highest BCUT2D eigenvalue weighted by Gasteiger charge is 2.38. The Hall–Kier alpha value is -3.84. The summed E-state index contributed by atoms with van der Waals surface area (Å²) in [5.41, 5.74) is 6.54. The first-order chi connectivity index (χ1) is 18.3. The van der Waals surface area contributed by atoms with E-state index in [1.165, 1.54) is 0 Å². The molecule has 0 spiro atoms. The second kappa shape index (κ2) is 8.33. The first-order valence-corrected chi connectivity index (χ1v) is 16.2. The fourth-order valence-electron chi connectivity index (χ4n) is 5.36. The van der Waals surface area contributed by atoms with Gasteiger partial charge in [0.2, 0.25) is 0 Å². The van der Waals surface area contributed by atoms with Crippen molar-refractivity contribution in [1.29, 1.82) is 0 Å². The maximum Gasteiger partial charge on any atom is 0.307 e. The lowest BCUT2D eigenvalue weighted by atomic mass is 9.97. The molecule has 38 heavy (non-hydrogen) atoms. The van der Waals surface area contributed by atoms with Crippen molar-refractivity contribution in [1.82, 2.24) is 0 Å². The predicted molar refractivity (Wildman–Crippen MR) is 155 cm³/mol. The molecule has 0 aromatic heterocycles. The summed E-state index contributed by atoms with van der Waals surface area (Å²) in [7, 11) is -6.42. The Kier molecular flexibility index (Phi) is 5.11. The molecule has 5 aromatic carbocycles. The fourth-order valence-corrected chi connectivity index (χ4v) is 9.26. The molecule has 0 bridgehead atoms. The van der Waals surface area contributed by atoms with Crippen LogP contribution in [0.5, 0.6) is 11.5 Å². The molecule has 5 aromatic rings. The van der Waals surface area contributed by atoms with E-state index in [0.29, 0.717) is 22.1 Å². The van der Waals surface area contributed by atoms with Gasteiger partial charge in [-0.2, -0.15) is 0 Å². The van der Waals surface area contributed by atoms with Crippen molar-refractivity contribution in [2.24, 2.45) is 0 Å². The van der Waals surface area contributed by atoms with Crippen LogP contribution in [0.2, 0.25) is 0 Å². The van der Waals surface area contributed by atoms with E-state index in [2.05, 4.69) is 0 Å². The van der Waals surface area contributed by atoms with E-state index in [0.717, 1.165) is 44.2 Å². The van der Waals surface area contributed by atoms with Gasteiger partial charge in [0.05, 0.1) is 15.9 Å². The van der Waals surface area contributed by atoms with Crippen molar-refractivity contribution in [3.63, 3.8) is 0 Å². The summed E-state index contributed by atoms with van der Waals surface area (Å²) in [4.78, 5) is 0. The topological polar surface area (TPSA) is 52.6 Å². The van der Waals surface area contributed by atoms with E-state index in [1.807, 2.05) is 116 Å². The average Bonchev–Trinajstić information content (AvgIpc) is 2.93. The maximum atomic E-state index is 14.7. The van der Waals surface area contributed by atoms with Gasteiger partial charge in [-0.05, 0) is 71.6 Å². The Morgan fingerprint density at radius 1 is 0.553 bits per heavy atom. The van der Waals surface area contributed by atoms with Gasteiger partial charge >= 0.3 is 7.37 Å². The summed E-state index contributed by atoms with van der Waals surface area (Å²) in [5, 5.41) is 2.07. The Bertz CT molecular complexity index is 1860. The molecular weight excluding hydrogens is 510 g/mol. The highest BCUT2D eigenvalue weighted by atomic mass is 31.2. The van der Waals surface area contributed by atoms with E-state index < -0.39 is 14.7 Å². The first-order valence-electron chi connectivity index (χ1n) is 12.5. The van der Waals surface area contributed by atoms with Crippen LogP contribution in [-0.4, -0.2) is 6.66 Å². The molecule has 2 atom stereocenters. The summed E-state index contributed by atoms with van der Waals surface area (Å²) in [6.45, 7) is 3.67. The van der Waals surface area contributed by atoms with Crippen LogP contribution in [0.3, 0.4) is 0 Å². The van der Waals surface area contributed by atoms with Gasteiger partial charge in [-0.3, -0.25) is 9.13 Å². The molecule has 4 nitrogen and oxygen atoms in total. The van der Waals surface area contributed by atoms with Crippen molar-refractivity contribution < 1.29 is 18.2 Å². The van der Waals surface area contributed by atoms with Gasteiger partial charge in [0.15, 0.2) is 0 Å². The third-order valence-electron chi connectivity index (χ3n) is 7.31. The smallest absolute Gasteiger partial charge is 0.307 e. The van der Waals surface area contributed by atoms with Crippen LogP contribution >= 0.6 is 14.7 Å². The number of hydrogen-bond donors (Lipinski definition) is 0. The lowest BCUT2D eigenvalue weighted by Crippen LogP contribution is -2.25. The highest BCUT2D eigenvalue weighted by Crippen LogP contribution is 2.55. The van der Waals surface area contributed by atoms with Crippen LogP contribution < -0.4 is 25.0 Å². The summed E-state index contributed by atoms with van der Waals surface area (Å²) >= 11 is 0. The Labute approximate surface area is 221 Å². The largest absolute Gasteiger partial charge is 0.439 e. The standard InChI is InChI=1S/C32H24O4P2/c1-21-11-15-24(16-12-21)38(34)32-20-23(14-18-28(32)25-7-3-5-9-29(25)36-38)22-13-17-26-27-8-4-6-10-31(27)37(2,33)35-30(26)19-22/h3-20H,1-2H3. The quantitative estimate of drug-likeness (QED) is 0.220. The summed E-state index contributed by atoms with van der Waals surface area (Å²) in [6.07, 6.45) is 0. The van der Waals surface area contributed by atoms with Crippen molar-refractivity contribution in [2.45, 2.75) is 6.92 Å². The number of fused-ring (bicyclic) bond motifs is 6. The summed E-state index contributed by atoms with van der Waals surface area (Å²) in [6, 6.07) is 35.1. The zero-order chi connectivity index (χ0) is 26.1. The Morgan fingerprint density at radius 3 is 1.95 bits per heavy atom. The lowest BCUT2D eigenvalue weighted by Gasteiger charge is -2.29. The minimum Gasteiger partial charge on any atom is -0.439 e. The van der Waals surface area contributed by atoms with E-state index in [-0.39, 0.29) is 0 Å². The third-order valence-corrected chi connectivity index (χ3v) is 11.6. The minimum atomic E-state index is -3.42. The molecule has 0 fully saturated rings. The second-order valence-electron chi connectivity index (χ2n) is 9.87. The molecule has 0 amide bonds. The molecule has 0 saturated carbocycles. The van der Waals surface area contributed by atoms with Gasteiger partial charge in [0.25, 0.3) is 7.37 Å². The zero-order valence-corrected chi connectivity index (χ0v) is 22.7. The van der Waals surface area contributed by atoms with Gasteiger partial charge in [-0.25, -0.2) is 0 Å². The number of rotatable bonds is 2. The van der Waals surface area contributed by atoms with Gasteiger partial charge < -0.3 is 9.05 Å². The third kappa shape index (κ3) is 3.52. The van der Waals surface area contributed by atoms with Crippen LogP contribution in [0, 0.1) is 6.92 Å². The molecule has 186 valence electrons. The van der Waals surface area contributed by atoms with Crippen LogP contribution in [0.25, 0.3) is 33.4 Å². The molecule has 2 aliphatic heterocycles. The number of benzene rings is 5. The molecule has 7 rings (SSSR count). The molecule has 0 N–H and O–H groups in total. The molecule has 2 aliphatic rings. The monoisotopic (exact) mass is 534 g/mol. The molecule has 6 heteroatoms. The summed E-state index contributed by atoms with van der Waals surface area (Å²) < 4.78 is 40.4. The molecule has 0 aliphatic carbocycles. The van der Waals surface area contributed by atoms with Crippen molar-refractivity contribution in [3.05, 3.63) is 115 Å². The van der Waals surface area contributed by atoms with Crippen LogP contribution in [-0.2, 0) is 9.13 Å². The second-order valence-corrected chi connectivity index (χ2v) is 14.5. The Balaban J connectivity index is 1.40. The van der Waals surface area contributed by atoms with Crippen molar-refractivity contribution >= 4 is 30.7 Å². The number of hydrogen-bond acceptors (Lipinski definition) is 4. The first kappa shape index (κ1) is 23.3. The maximum absolute atomic E-state index is 14.7. The van der Waals surface area contributed by atoms with Gasteiger partial charge in [0, 0.05) is 17.8 Å². The van der Waals surface area contributed by atoms with Crippen LogP contribution in [0.4, 0.5) is 0 Å². The van der Waals surface area contributed by atoms with Crippen LogP contribution in [0.15, 0.2) is 109 Å². The van der Waals surface area contributed by atoms with Crippen LogP contribution in [0.1, 0.15) is 5.56 Å². The number of aryl methyl sites for hydroxylation is 1. The molecular formula is C32H24O4P2. The minimum absolute atomic E-state index is 0.591. The van der Waals surface area contributed by atoms with Crippen molar-refractivity contribution in [3.8, 4) is 44.9 Å². The average molecular weight is 534 g/mol. The van der Waals surface area contributed by atoms with E-state index in [4.69, 9.17) is 9.05 Å². The molecule has 2 heterocycles. The SMILES string of the molecule is Cc1ccc(P2(=O)Oc3ccccc3-c3ccc(-c4ccc5c(c4)OP(C)(=O)c4ccccc4-5)cc32)cc1. The predicted octanol–water partition coefficient (Wildman–Crippen LogP) is 7.54. The molecule has 2 unspecified atom stereocenters. The normalized spacial score (nSPS) is 20.7. The zero-order valence-electron chi connectivity index (χ0n) is 20.9.